The fourth-order valence-corrected chi connectivity index (χ4v) is 3.38. The molecule has 0 saturated carbocycles. The molecular formula is C18H12FN3OS. The van der Waals surface area contributed by atoms with E-state index in [9.17, 15) is 9.18 Å². The summed E-state index contributed by atoms with van der Waals surface area (Å²) >= 11 is 1.35. The van der Waals surface area contributed by atoms with Crippen LogP contribution >= 0.6 is 11.3 Å². The number of halogens is 1. The zero-order valence-corrected chi connectivity index (χ0v) is 13.5. The first kappa shape index (κ1) is 14.7. The van der Waals surface area contributed by atoms with Gasteiger partial charge in [0, 0.05) is 10.9 Å². The highest BCUT2D eigenvalue weighted by Gasteiger charge is 2.14. The lowest BCUT2D eigenvalue weighted by atomic mass is 10.1. The first-order valence-electron chi connectivity index (χ1n) is 7.35. The van der Waals surface area contributed by atoms with Gasteiger partial charge in [-0.2, -0.15) is 9.50 Å². The van der Waals surface area contributed by atoms with Gasteiger partial charge in [-0.3, -0.25) is 4.79 Å². The summed E-state index contributed by atoms with van der Waals surface area (Å²) < 4.78 is 15.1. The van der Waals surface area contributed by atoms with E-state index in [0.29, 0.717) is 4.96 Å². The van der Waals surface area contributed by atoms with Gasteiger partial charge in [0.15, 0.2) is 5.82 Å². The summed E-state index contributed by atoms with van der Waals surface area (Å²) in [7, 11) is 0. The summed E-state index contributed by atoms with van der Waals surface area (Å²) in [6, 6.07) is 15.7. The van der Waals surface area contributed by atoms with Crippen LogP contribution in [-0.4, -0.2) is 14.6 Å². The number of nitrogens with zero attached hydrogens (tertiary/aromatic N) is 3. The fraction of sp³-hybridized carbons (Fsp3) is 0.0556. The van der Waals surface area contributed by atoms with Gasteiger partial charge < -0.3 is 0 Å². The minimum absolute atomic E-state index is 0.211. The van der Waals surface area contributed by atoms with Crippen molar-refractivity contribution in [3.05, 3.63) is 76.3 Å². The molecule has 0 atom stereocenters. The number of hydrogen-bond donors (Lipinski definition) is 0. The third kappa shape index (κ3) is 2.51. The molecule has 4 aromatic rings. The van der Waals surface area contributed by atoms with Gasteiger partial charge >= 0.3 is 0 Å². The maximum atomic E-state index is 13.9. The molecule has 24 heavy (non-hydrogen) atoms. The Morgan fingerprint density at radius 3 is 2.58 bits per heavy atom. The molecule has 0 saturated heterocycles. The van der Waals surface area contributed by atoms with Gasteiger partial charge in [-0.25, -0.2) is 4.39 Å². The lowest BCUT2D eigenvalue weighted by molar-refractivity contribution is 0.630. The Labute approximate surface area is 140 Å². The second-order valence-electron chi connectivity index (χ2n) is 5.42. The number of aryl methyl sites for hydroxylation is 1. The van der Waals surface area contributed by atoms with E-state index in [-0.39, 0.29) is 16.9 Å². The van der Waals surface area contributed by atoms with E-state index in [4.69, 9.17) is 0 Å². The molecule has 0 radical (unpaired) electrons. The summed E-state index contributed by atoms with van der Waals surface area (Å²) in [6.45, 7) is 2.01. The quantitative estimate of drug-likeness (QED) is 0.557. The van der Waals surface area contributed by atoms with Crippen LogP contribution in [0.1, 0.15) is 5.56 Å². The van der Waals surface area contributed by atoms with Crippen LogP contribution in [0.4, 0.5) is 4.39 Å². The smallest absolute Gasteiger partial charge is 0.267 e. The number of rotatable bonds is 2. The van der Waals surface area contributed by atoms with Crippen LogP contribution < -0.4 is 5.56 Å². The van der Waals surface area contributed by atoms with E-state index >= 15 is 0 Å². The highest BCUT2D eigenvalue weighted by molar-refractivity contribution is 7.19. The van der Waals surface area contributed by atoms with Gasteiger partial charge in [-0.15, -0.1) is 5.10 Å². The number of aromatic nitrogens is 3. The monoisotopic (exact) mass is 337 g/mol. The molecule has 0 spiro atoms. The zero-order chi connectivity index (χ0) is 16.7. The number of benzene rings is 2. The van der Waals surface area contributed by atoms with Crippen molar-refractivity contribution in [2.24, 2.45) is 0 Å². The van der Waals surface area contributed by atoms with Gasteiger partial charge in [-0.05, 0) is 24.6 Å². The van der Waals surface area contributed by atoms with Gasteiger partial charge in [-0.1, -0.05) is 53.3 Å². The molecule has 0 unspecified atom stereocenters. The third-order valence-electron chi connectivity index (χ3n) is 3.69. The van der Waals surface area contributed by atoms with E-state index in [2.05, 4.69) is 10.1 Å². The van der Waals surface area contributed by atoms with E-state index in [0.717, 1.165) is 16.0 Å². The number of hydrogen-bond acceptors (Lipinski definition) is 4. The van der Waals surface area contributed by atoms with Crippen LogP contribution in [0.25, 0.3) is 26.8 Å². The second kappa shape index (κ2) is 5.65. The van der Waals surface area contributed by atoms with Crippen LogP contribution in [0, 0.1) is 12.7 Å². The molecule has 0 aliphatic heterocycles. The molecule has 4 nitrogen and oxygen atoms in total. The van der Waals surface area contributed by atoms with E-state index in [1.807, 2.05) is 31.2 Å². The SMILES string of the molecule is Cc1ccc(-c2cc(=O)n3nc(-c4ccccc4F)nc3s2)cc1. The lowest BCUT2D eigenvalue weighted by Crippen LogP contribution is -2.11. The highest BCUT2D eigenvalue weighted by atomic mass is 32.1. The molecule has 0 aliphatic carbocycles. The van der Waals surface area contributed by atoms with Gasteiger partial charge in [0.2, 0.25) is 4.96 Å². The Hall–Kier alpha value is -2.86. The maximum absolute atomic E-state index is 13.9. The Bertz CT molecular complexity index is 1100. The Morgan fingerprint density at radius 2 is 1.83 bits per heavy atom. The minimum atomic E-state index is -0.412. The van der Waals surface area contributed by atoms with E-state index in [1.165, 1.54) is 28.0 Å². The summed E-state index contributed by atoms with van der Waals surface area (Å²) in [5.41, 5.74) is 2.09. The van der Waals surface area contributed by atoms with Gasteiger partial charge in [0.05, 0.1) is 5.56 Å². The summed E-state index contributed by atoms with van der Waals surface area (Å²) in [5, 5.41) is 4.16. The van der Waals surface area contributed by atoms with Gasteiger partial charge in [0.1, 0.15) is 5.82 Å². The molecular weight excluding hydrogens is 325 g/mol. The molecule has 0 fully saturated rings. The van der Waals surface area contributed by atoms with Crippen molar-refractivity contribution in [3.8, 4) is 21.8 Å². The van der Waals surface area contributed by atoms with Crippen molar-refractivity contribution in [2.45, 2.75) is 6.92 Å². The normalized spacial score (nSPS) is 11.1. The van der Waals surface area contributed by atoms with Gasteiger partial charge in [0.25, 0.3) is 5.56 Å². The summed E-state index contributed by atoms with van der Waals surface area (Å²) in [4.78, 5) is 17.9. The predicted molar refractivity (Wildman–Crippen MR) is 92.7 cm³/mol. The van der Waals surface area contributed by atoms with Crippen molar-refractivity contribution in [1.29, 1.82) is 0 Å². The molecule has 2 heterocycles. The molecule has 4 rings (SSSR count). The fourth-order valence-electron chi connectivity index (χ4n) is 2.43. The molecule has 0 amide bonds. The van der Waals surface area contributed by atoms with Crippen molar-refractivity contribution in [2.75, 3.05) is 0 Å². The molecule has 0 N–H and O–H groups in total. The van der Waals surface area contributed by atoms with Crippen LogP contribution in [0.2, 0.25) is 0 Å². The molecule has 118 valence electrons. The molecule has 2 aromatic heterocycles. The molecule has 6 heteroatoms. The topological polar surface area (TPSA) is 47.3 Å². The van der Waals surface area contributed by atoms with Crippen molar-refractivity contribution in [1.82, 2.24) is 14.6 Å². The Morgan fingerprint density at radius 1 is 1.08 bits per heavy atom. The van der Waals surface area contributed by atoms with Crippen molar-refractivity contribution in [3.63, 3.8) is 0 Å². The van der Waals surface area contributed by atoms with Crippen molar-refractivity contribution < 1.29 is 4.39 Å². The highest BCUT2D eigenvalue weighted by Crippen LogP contribution is 2.26. The Balaban J connectivity index is 1.89. The lowest BCUT2D eigenvalue weighted by Gasteiger charge is -2.00. The van der Waals surface area contributed by atoms with Crippen LogP contribution in [0.15, 0.2) is 59.4 Å². The average molecular weight is 337 g/mol. The average Bonchev–Trinajstić information content (AvgIpc) is 3.00. The molecule has 2 aromatic carbocycles. The molecule has 0 aliphatic rings. The first-order chi connectivity index (χ1) is 11.6. The Kier molecular flexibility index (Phi) is 3.46. The van der Waals surface area contributed by atoms with Crippen LogP contribution in [0.5, 0.6) is 0 Å². The predicted octanol–water partition coefficient (Wildman–Crippen LogP) is 3.93. The summed E-state index contributed by atoms with van der Waals surface area (Å²) in [5.74, 6) is -0.202. The van der Waals surface area contributed by atoms with E-state index in [1.54, 1.807) is 18.2 Å². The van der Waals surface area contributed by atoms with Crippen LogP contribution in [-0.2, 0) is 0 Å². The number of fused-ring (bicyclic) bond motifs is 1. The first-order valence-corrected chi connectivity index (χ1v) is 8.16. The maximum Gasteiger partial charge on any atom is 0.275 e. The summed E-state index contributed by atoms with van der Waals surface area (Å²) in [6.07, 6.45) is 0. The third-order valence-corrected chi connectivity index (χ3v) is 4.71. The van der Waals surface area contributed by atoms with Crippen LogP contribution in [0.3, 0.4) is 0 Å². The second-order valence-corrected chi connectivity index (χ2v) is 6.43. The standard InChI is InChI=1S/C18H12FN3OS/c1-11-6-8-12(9-7-11)15-10-16(23)22-18(24-15)20-17(21-22)13-4-2-3-5-14(13)19/h2-10H,1H3. The van der Waals surface area contributed by atoms with Crippen molar-refractivity contribution >= 4 is 16.3 Å². The molecule has 0 bridgehead atoms. The largest absolute Gasteiger partial charge is 0.275 e. The minimum Gasteiger partial charge on any atom is -0.267 e. The van der Waals surface area contributed by atoms with E-state index < -0.39 is 5.82 Å². The zero-order valence-electron chi connectivity index (χ0n) is 12.7.